The zero-order valence-electron chi connectivity index (χ0n) is 5.99. The van der Waals surface area contributed by atoms with Gasteiger partial charge in [-0.2, -0.15) is 13.2 Å². The van der Waals surface area contributed by atoms with Gasteiger partial charge in [-0.3, -0.25) is 4.79 Å². The van der Waals surface area contributed by atoms with Crippen LogP contribution in [0.3, 0.4) is 0 Å². The van der Waals surface area contributed by atoms with Gasteiger partial charge in [-0.05, 0) is 12.8 Å². The summed E-state index contributed by atoms with van der Waals surface area (Å²) in [6, 6.07) is -0.362. The maximum atomic E-state index is 11.7. The Morgan fingerprint density at radius 3 is 2.25 bits per heavy atom. The number of hydrogen-bond donors (Lipinski definition) is 1. The Balaban J connectivity index is 2.36. The molecule has 1 aliphatic rings. The molecule has 2 atom stereocenters. The fourth-order valence-electron chi connectivity index (χ4n) is 0.872. The molecule has 1 N–H and O–H groups in total. The van der Waals surface area contributed by atoms with Crippen molar-refractivity contribution in [2.24, 2.45) is 0 Å². The van der Waals surface area contributed by atoms with Gasteiger partial charge in [-0.25, -0.2) is 0 Å². The predicted octanol–water partition coefficient (Wildman–Crippen LogP) is 1.59. The lowest BCUT2D eigenvalue weighted by molar-refractivity contribution is -0.174. The number of carbonyl (C=O) groups excluding carboxylic acids is 1. The van der Waals surface area contributed by atoms with Crippen molar-refractivity contribution < 1.29 is 18.0 Å². The van der Waals surface area contributed by atoms with Gasteiger partial charge >= 0.3 is 12.1 Å². The molecule has 0 aromatic heterocycles. The molecule has 1 amide bonds. The summed E-state index contributed by atoms with van der Waals surface area (Å²) in [5.74, 6) is -1.85. The predicted molar refractivity (Wildman–Crippen MR) is 39.9 cm³/mol. The summed E-state index contributed by atoms with van der Waals surface area (Å²) in [5, 5.41) is 1.90. The highest BCUT2D eigenvalue weighted by molar-refractivity contribution is 9.09. The Labute approximate surface area is 75.6 Å². The molecule has 1 rings (SSSR count). The molecule has 0 aromatic rings. The van der Waals surface area contributed by atoms with Crippen LogP contribution in [0.2, 0.25) is 0 Å². The summed E-state index contributed by atoms with van der Waals surface area (Å²) in [4.78, 5) is 10.3. The van der Waals surface area contributed by atoms with Gasteiger partial charge in [0.2, 0.25) is 0 Å². The van der Waals surface area contributed by atoms with Crippen LogP contribution in [-0.2, 0) is 4.79 Å². The first-order valence-corrected chi connectivity index (χ1v) is 4.34. The Kier molecular flexibility index (Phi) is 2.65. The Hall–Kier alpha value is -0.260. The van der Waals surface area contributed by atoms with Crippen LogP contribution in [0.15, 0.2) is 0 Å². The largest absolute Gasteiger partial charge is 0.471 e. The van der Waals surface area contributed by atoms with Crippen LogP contribution in [0, 0.1) is 0 Å². The highest BCUT2D eigenvalue weighted by atomic mass is 79.9. The SMILES string of the molecule is O=C(NC1CC[C@@H]1Br)C(F)(F)F. The van der Waals surface area contributed by atoms with Gasteiger partial charge < -0.3 is 5.32 Å². The Bertz CT molecular complexity index is 194. The van der Waals surface area contributed by atoms with E-state index in [0.29, 0.717) is 6.42 Å². The van der Waals surface area contributed by atoms with Gasteiger partial charge in [-0.15, -0.1) is 0 Å². The van der Waals surface area contributed by atoms with E-state index in [1.807, 2.05) is 5.32 Å². The third kappa shape index (κ3) is 2.12. The highest BCUT2D eigenvalue weighted by Gasteiger charge is 2.42. The van der Waals surface area contributed by atoms with E-state index < -0.39 is 12.1 Å². The molecular weight excluding hydrogens is 239 g/mol. The van der Waals surface area contributed by atoms with Crippen molar-refractivity contribution >= 4 is 21.8 Å². The van der Waals surface area contributed by atoms with E-state index in [1.165, 1.54) is 0 Å². The van der Waals surface area contributed by atoms with Crippen LogP contribution in [0.5, 0.6) is 0 Å². The van der Waals surface area contributed by atoms with Crippen LogP contribution in [0.4, 0.5) is 13.2 Å². The summed E-state index contributed by atoms with van der Waals surface area (Å²) in [6.07, 6.45) is -3.34. The van der Waals surface area contributed by atoms with Gasteiger partial charge in [0, 0.05) is 10.9 Å². The molecule has 0 bridgehead atoms. The molecule has 70 valence electrons. The van der Waals surface area contributed by atoms with Gasteiger partial charge in [0.05, 0.1) is 0 Å². The van der Waals surface area contributed by atoms with Crippen molar-refractivity contribution in [2.45, 2.75) is 29.9 Å². The van der Waals surface area contributed by atoms with Gasteiger partial charge in [0.25, 0.3) is 0 Å². The van der Waals surface area contributed by atoms with Gasteiger partial charge in [-0.1, -0.05) is 15.9 Å². The van der Waals surface area contributed by atoms with E-state index in [0.717, 1.165) is 6.42 Å². The molecular formula is C6H7BrF3NO. The lowest BCUT2D eigenvalue weighted by atomic mass is 9.93. The molecule has 0 radical (unpaired) electrons. The maximum Gasteiger partial charge on any atom is 0.471 e. The molecule has 1 unspecified atom stereocenters. The van der Waals surface area contributed by atoms with Gasteiger partial charge in [0.15, 0.2) is 0 Å². The molecule has 0 heterocycles. The summed E-state index contributed by atoms with van der Waals surface area (Å²) >= 11 is 3.14. The second kappa shape index (κ2) is 3.24. The van der Waals surface area contributed by atoms with E-state index in [9.17, 15) is 18.0 Å². The van der Waals surface area contributed by atoms with Crippen molar-refractivity contribution in [1.82, 2.24) is 5.32 Å². The first-order valence-electron chi connectivity index (χ1n) is 3.43. The third-order valence-electron chi connectivity index (χ3n) is 1.76. The first kappa shape index (κ1) is 9.83. The van der Waals surface area contributed by atoms with E-state index in [2.05, 4.69) is 15.9 Å². The summed E-state index contributed by atoms with van der Waals surface area (Å²) in [7, 11) is 0. The maximum absolute atomic E-state index is 11.7. The van der Waals surface area contributed by atoms with Crippen LogP contribution in [0.25, 0.3) is 0 Å². The normalized spacial score (nSPS) is 29.3. The third-order valence-corrected chi connectivity index (χ3v) is 2.86. The van der Waals surface area contributed by atoms with Crippen molar-refractivity contribution in [3.8, 4) is 0 Å². The number of carbonyl (C=O) groups is 1. The topological polar surface area (TPSA) is 29.1 Å². The lowest BCUT2D eigenvalue weighted by Crippen LogP contribution is -2.51. The zero-order chi connectivity index (χ0) is 9.35. The van der Waals surface area contributed by atoms with Crippen molar-refractivity contribution in [1.29, 1.82) is 0 Å². The van der Waals surface area contributed by atoms with Crippen LogP contribution < -0.4 is 5.32 Å². The molecule has 6 heteroatoms. The molecule has 1 saturated carbocycles. The number of alkyl halides is 4. The van der Waals surface area contributed by atoms with E-state index in [4.69, 9.17) is 0 Å². The average Bonchev–Trinajstić information content (AvgIpc) is 1.95. The Morgan fingerprint density at radius 1 is 1.42 bits per heavy atom. The second-order valence-corrected chi connectivity index (χ2v) is 3.85. The smallest absolute Gasteiger partial charge is 0.344 e. The zero-order valence-corrected chi connectivity index (χ0v) is 7.58. The number of hydrogen-bond acceptors (Lipinski definition) is 1. The number of nitrogens with one attached hydrogen (secondary N) is 1. The molecule has 2 nitrogen and oxygen atoms in total. The molecule has 1 aliphatic carbocycles. The minimum Gasteiger partial charge on any atom is -0.344 e. The molecule has 0 saturated heterocycles. The van der Waals surface area contributed by atoms with E-state index >= 15 is 0 Å². The summed E-state index contributed by atoms with van der Waals surface area (Å²) < 4.78 is 35.0. The van der Waals surface area contributed by atoms with E-state index in [-0.39, 0.29) is 10.9 Å². The Morgan fingerprint density at radius 2 is 2.00 bits per heavy atom. The van der Waals surface area contributed by atoms with E-state index in [1.54, 1.807) is 0 Å². The molecule has 0 aliphatic heterocycles. The molecule has 0 spiro atoms. The minimum atomic E-state index is -4.76. The second-order valence-electron chi connectivity index (χ2n) is 2.67. The summed E-state index contributed by atoms with van der Waals surface area (Å²) in [5.41, 5.74) is 0. The van der Waals surface area contributed by atoms with Crippen molar-refractivity contribution in [2.75, 3.05) is 0 Å². The number of rotatable bonds is 1. The monoisotopic (exact) mass is 245 g/mol. The molecule has 0 aromatic carbocycles. The number of amides is 1. The van der Waals surface area contributed by atoms with Crippen molar-refractivity contribution in [3.63, 3.8) is 0 Å². The standard InChI is InChI=1S/C6H7BrF3NO/c7-3-1-2-4(3)11-5(12)6(8,9)10/h3-4H,1-2H2,(H,11,12)/t3-,4?/m0/s1. The fraction of sp³-hybridized carbons (Fsp3) is 0.833. The van der Waals surface area contributed by atoms with Crippen LogP contribution in [0.1, 0.15) is 12.8 Å². The summed E-state index contributed by atoms with van der Waals surface area (Å²) in [6.45, 7) is 0. The first-order chi connectivity index (χ1) is 5.41. The van der Waals surface area contributed by atoms with Crippen molar-refractivity contribution in [3.05, 3.63) is 0 Å². The van der Waals surface area contributed by atoms with Gasteiger partial charge in [0.1, 0.15) is 0 Å². The molecule has 1 fully saturated rings. The average molecular weight is 246 g/mol. The fourth-order valence-corrected chi connectivity index (χ4v) is 1.53. The lowest BCUT2D eigenvalue weighted by Gasteiger charge is -2.32. The molecule has 12 heavy (non-hydrogen) atoms. The van der Waals surface area contributed by atoms with Crippen LogP contribution >= 0.6 is 15.9 Å². The van der Waals surface area contributed by atoms with Crippen LogP contribution in [-0.4, -0.2) is 23.0 Å². The number of halogens is 4. The minimum absolute atomic E-state index is 0.0104. The highest BCUT2D eigenvalue weighted by Crippen LogP contribution is 2.28. The quantitative estimate of drug-likeness (QED) is 0.699.